The number of methoxy groups -OCH3 is 1. The van der Waals surface area contributed by atoms with Crippen molar-refractivity contribution in [3.63, 3.8) is 0 Å². The van der Waals surface area contributed by atoms with Crippen LogP contribution in [0.2, 0.25) is 0 Å². The smallest absolute Gasteiger partial charge is 0.395 e. The van der Waals surface area contributed by atoms with Gasteiger partial charge in [0.15, 0.2) is 27.0 Å². The van der Waals surface area contributed by atoms with Crippen molar-refractivity contribution in [1.82, 2.24) is 19.5 Å². The van der Waals surface area contributed by atoms with Gasteiger partial charge in [-0.3, -0.25) is 9.09 Å². The van der Waals surface area contributed by atoms with E-state index in [1.54, 1.807) is 48.5 Å². The molecule has 2 fully saturated rings. The van der Waals surface area contributed by atoms with Crippen LogP contribution in [-0.2, 0) is 14.3 Å². The van der Waals surface area contributed by atoms with Gasteiger partial charge in [-0.25, -0.2) is 9.78 Å². The van der Waals surface area contributed by atoms with Crippen LogP contribution >= 0.6 is 30.8 Å². The fraction of sp³-hybridized carbons (Fsp3) is 0.389. The fourth-order valence-corrected chi connectivity index (χ4v) is 8.27. The number of nitrogens with two attached hydrogens (primary N) is 1. The van der Waals surface area contributed by atoms with Crippen molar-refractivity contribution in [2.24, 2.45) is 4.74 Å². The number of hydrogen-bond acceptors (Lipinski definition) is 14. The summed E-state index contributed by atoms with van der Waals surface area (Å²) in [5.41, 5.74) is 5.16. The van der Waals surface area contributed by atoms with E-state index in [-0.39, 0.29) is 41.7 Å². The number of nitrogens with zero attached hydrogens (tertiary/aromatic N) is 5. The Morgan fingerprint density at radius 3 is 2.60 bits per heavy atom. The van der Waals surface area contributed by atoms with Gasteiger partial charge in [0.25, 0.3) is 0 Å². The second-order valence-corrected chi connectivity index (χ2v) is 14.9. The fourth-order valence-electron chi connectivity index (χ4n) is 6.74. The minimum absolute atomic E-state index is 0.0740. The molecule has 278 valence electrons. The summed E-state index contributed by atoms with van der Waals surface area (Å²) >= 11 is 1.96. The number of imidazole rings is 1. The first-order valence-corrected chi connectivity index (χ1v) is 19.3. The Morgan fingerprint density at radius 1 is 1.11 bits per heavy atom. The number of aromatic nitrogens is 4. The molecule has 1 unspecified atom stereocenters. The number of esters is 1. The lowest BCUT2D eigenvalue weighted by Gasteiger charge is -2.27. The summed E-state index contributed by atoms with van der Waals surface area (Å²) in [5, 5.41) is 24.3. The van der Waals surface area contributed by atoms with Crippen molar-refractivity contribution in [1.29, 1.82) is 0 Å². The van der Waals surface area contributed by atoms with Crippen molar-refractivity contribution < 1.29 is 43.4 Å². The third-order valence-electron chi connectivity index (χ3n) is 9.46. The molecular formula is C36H38IN6O9P. The van der Waals surface area contributed by atoms with Crippen molar-refractivity contribution in [3.8, 4) is 17.4 Å². The number of aliphatic hydroxyl groups is 2. The molecule has 0 bridgehead atoms. The molecule has 5 aromatic rings. The first kappa shape index (κ1) is 37.1. The van der Waals surface area contributed by atoms with Crippen LogP contribution < -0.4 is 24.6 Å². The Hall–Kier alpha value is -4.19. The van der Waals surface area contributed by atoms with Gasteiger partial charge in [0.2, 0.25) is 23.6 Å². The number of ether oxygens (including phenoxy) is 4. The normalized spacial score (nSPS) is 22.9. The molecule has 2 aliphatic rings. The zero-order valence-electron chi connectivity index (χ0n) is 28.9. The van der Waals surface area contributed by atoms with Gasteiger partial charge in [0, 0.05) is 28.0 Å². The number of hydrogen-bond donors (Lipinski definition) is 3. The van der Waals surface area contributed by atoms with Gasteiger partial charge in [0.1, 0.15) is 30.5 Å². The van der Waals surface area contributed by atoms with E-state index in [1.807, 2.05) is 40.8 Å². The highest BCUT2D eigenvalue weighted by molar-refractivity contribution is 14.1. The van der Waals surface area contributed by atoms with Crippen molar-refractivity contribution in [2.75, 3.05) is 19.5 Å². The highest BCUT2D eigenvalue weighted by Crippen LogP contribution is 2.44. The Labute approximate surface area is 319 Å². The predicted octanol–water partition coefficient (Wildman–Crippen LogP) is 5.12. The van der Waals surface area contributed by atoms with Gasteiger partial charge in [-0.2, -0.15) is 9.97 Å². The second-order valence-electron chi connectivity index (χ2n) is 13.1. The summed E-state index contributed by atoms with van der Waals surface area (Å²) in [5.74, 6) is -0.227. The first-order valence-electron chi connectivity index (χ1n) is 17.1. The third kappa shape index (κ3) is 7.61. The van der Waals surface area contributed by atoms with Gasteiger partial charge in [-0.1, -0.05) is 71.8 Å². The number of nitrogen functional groups attached to an aromatic ring is 1. The summed E-state index contributed by atoms with van der Waals surface area (Å²) in [4.78, 5) is 40.0. The highest BCUT2D eigenvalue weighted by atomic mass is 127. The van der Waals surface area contributed by atoms with E-state index in [4.69, 9.17) is 29.2 Å². The molecule has 4 N–H and O–H groups in total. The Balaban J connectivity index is 1.16. The Bertz CT molecular complexity index is 2150. The predicted molar refractivity (Wildman–Crippen MR) is 201 cm³/mol. The van der Waals surface area contributed by atoms with Crippen molar-refractivity contribution in [3.05, 3.63) is 76.1 Å². The second kappa shape index (κ2) is 15.7. The number of carbonyl (C=O) groups excluding carboxylic acids is 1. The topological polar surface area (TPSA) is 209 Å². The van der Waals surface area contributed by atoms with Crippen LogP contribution in [0.25, 0.3) is 21.9 Å². The average molecular weight is 857 g/mol. The lowest BCUT2D eigenvalue weighted by Crippen LogP contribution is -2.45. The van der Waals surface area contributed by atoms with E-state index in [1.165, 1.54) is 18.6 Å². The maximum absolute atomic E-state index is 13.7. The molecule has 17 heteroatoms. The van der Waals surface area contributed by atoms with Gasteiger partial charge in [0.05, 0.1) is 7.11 Å². The van der Waals surface area contributed by atoms with Gasteiger partial charge in [-0.15, -0.1) is 0 Å². The van der Waals surface area contributed by atoms with Crippen LogP contribution in [0, 0.1) is 3.83 Å². The Kier molecular flexibility index (Phi) is 11.0. The molecule has 6 atom stereocenters. The molecule has 1 aliphatic carbocycles. The van der Waals surface area contributed by atoms with Crippen LogP contribution in [0.15, 0.2) is 71.5 Å². The molecule has 1 saturated carbocycles. The standard InChI is InChI=1S/C36H38IN6O9P/c1-36(46)29(44)25(51-33(36)43-30-27(39-34(43)37)31(48-2)41-35(38)40-30)19-49-24-18-17-20-11-9-10-16-23(20)28(24)52-53(47)42-26(21-12-5-3-6-13-21)32(45)50-22-14-7-4-8-15-22/h3,5-6,9-13,16-18,22,25-26,29,33,44,46H,4,7-8,14-15,19H2,1-2H3,(H2,38,40,41)/t25-,26+,29-,33-,36-/m1/s1. The zero-order valence-corrected chi connectivity index (χ0v) is 31.9. The van der Waals surface area contributed by atoms with Crippen molar-refractivity contribution in [2.45, 2.75) is 75.2 Å². The number of halogens is 1. The van der Waals surface area contributed by atoms with Gasteiger partial charge >= 0.3 is 14.1 Å². The van der Waals surface area contributed by atoms with Crippen LogP contribution in [0.5, 0.6) is 17.4 Å². The van der Waals surface area contributed by atoms with Crippen molar-refractivity contribution >= 4 is 64.6 Å². The van der Waals surface area contributed by atoms with Gasteiger partial charge < -0.3 is 39.8 Å². The molecule has 2 aromatic heterocycles. The van der Waals surface area contributed by atoms with Crippen LogP contribution in [-0.4, -0.2) is 73.3 Å². The van der Waals surface area contributed by atoms with Crippen LogP contribution in [0.3, 0.4) is 0 Å². The maximum atomic E-state index is 13.7. The average Bonchev–Trinajstić information content (AvgIpc) is 3.60. The molecule has 1 aliphatic heterocycles. The van der Waals surface area contributed by atoms with Crippen LogP contribution in [0.1, 0.15) is 56.9 Å². The number of rotatable bonds is 11. The van der Waals surface area contributed by atoms with E-state index < -0.39 is 44.2 Å². The lowest BCUT2D eigenvalue weighted by molar-refractivity contribution is -0.170. The van der Waals surface area contributed by atoms with Crippen LogP contribution in [0.4, 0.5) is 5.95 Å². The summed E-state index contributed by atoms with van der Waals surface area (Å²) in [6, 6.07) is 18.4. The first-order chi connectivity index (χ1) is 25.5. The number of anilines is 1. The summed E-state index contributed by atoms with van der Waals surface area (Å²) < 4.78 is 35.8. The molecule has 0 spiro atoms. The summed E-state index contributed by atoms with van der Waals surface area (Å²) in [7, 11) is -1.41. The van der Waals surface area contributed by atoms with Gasteiger partial charge in [-0.05, 0) is 49.6 Å². The van der Waals surface area contributed by atoms with E-state index in [9.17, 15) is 19.9 Å². The quantitative estimate of drug-likeness (QED) is 0.0684. The molecule has 3 aromatic carbocycles. The SMILES string of the molecule is COc1nc(N)nc2c1nc(I)n2[C@@H]1O[C@H](COc2ccc3ccccc3c2O/[P+]([O-])=N/[C@H](C(=O)OC2CCCCC2)c2ccccc2)[C@@H](O)[C@@]1(C)O. The lowest BCUT2D eigenvalue weighted by atomic mass is 9.96. The molecule has 53 heavy (non-hydrogen) atoms. The van der Waals surface area contributed by atoms with E-state index in [0.29, 0.717) is 20.3 Å². The minimum atomic E-state index is -2.84. The third-order valence-corrected chi connectivity index (χ3v) is 11.0. The van der Waals surface area contributed by atoms with E-state index in [2.05, 4.69) is 19.7 Å². The van der Waals surface area contributed by atoms with E-state index in [0.717, 1.165) is 37.5 Å². The molecule has 0 amide bonds. The zero-order chi connectivity index (χ0) is 37.3. The molecule has 7 rings (SSSR count). The molecule has 1 saturated heterocycles. The maximum Gasteiger partial charge on any atom is 0.395 e. The molecule has 3 heterocycles. The number of carbonyl (C=O) groups is 1. The number of aliphatic hydroxyl groups excluding tert-OH is 1. The summed E-state index contributed by atoms with van der Waals surface area (Å²) in [6.07, 6.45) is 0.747. The molecule has 15 nitrogen and oxygen atoms in total. The Morgan fingerprint density at radius 2 is 1.85 bits per heavy atom. The monoisotopic (exact) mass is 856 g/mol. The number of fused-ring (bicyclic) bond motifs is 2. The largest absolute Gasteiger partial charge is 0.575 e. The molecule has 0 radical (unpaired) electrons. The summed E-state index contributed by atoms with van der Waals surface area (Å²) in [6.45, 7) is 1.19. The van der Waals surface area contributed by atoms with E-state index >= 15 is 0 Å². The number of benzene rings is 3. The highest BCUT2D eigenvalue weighted by Gasteiger charge is 2.54. The minimum Gasteiger partial charge on any atom is -0.575 e. The molecular weight excluding hydrogens is 818 g/mol.